The minimum absolute atomic E-state index is 0.00138. The molecule has 6 heteroatoms. The number of hydrogen-bond acceptors (Lipinski definition) is 3. The molecular weight excluding hydrogens is 362 g/mol. The van der Waals surface area contributed by atoms with Crippen molar-refractivity contribution in [3.05, 3.63) is 71.8 Å². The lowest BCUT2D eigenvalue weighted by Crippen LogP contribution is -2.45. The highest BCUT2D eigenvalue weighted by atomic mass is 16.2. The summed E-state index contributed by atoms with van der Waals surface area (Å²) in [6.07, 6.45) is 7.50. The molecule has 1 aliphatic heterocycles. The van der Waals surface area contributed by atoms with Crippen molar-refractivity contribution in [1.29, 1.82) is 0 Å². The summed E-state index contributed by atoms with van der Waals surface area (Å²) >= 11 is 0. The zero-order valence-corrected chi connectivity index (χ0v) is 17.0. The van der Waals surface area contributed by atoms with Crippen molar-refractivity contribution in [1.82, 2.24) is 24.8 Å². The predicted octanol–water partition coefficient (Wildman–Crippen LogP) is 4.11. The van der Waals surface area contributed by atoms with Crippen LogP contribution in [0.15, 0.2) is 55.0 Å². The molecule has 1 aromatic carbocycles. The van der Waals surface area contributed by atoms with Crippen LogP contribution < -0.4 is 5.32 Å². The van der Waals surface area contributed by atoms with E-state index in [1.54, 1.807) is 12.4 Å². The van der Waals surface area contributed by atoms with Crippen LogP contribution in [0.1, 0.15) is 35.7 Å². The first-order valence-electron chi connectivity index (χ1n) is 10.1. The van der Waals surface area contributed by atoms with E-state index in [2.05, 4.69) is 58.0 Å². The van der Waals surface area contributed by atoms with Crippen LogP contribution in [0.3, 0.4) is 0 Å². The lowest BCUT2D eigenvalue weighted by atomic mass is 10.0. The number of likely N-dealkylation sites (tertiary alicyclic amines) is 1. The highest BCUT2D eigenvalue weighted by Crippen LogP contribution is 2.29. The van der Waals surface area contributed by atoms with Crippen molar-refractivity contribution in [2.75, 3.05) is 13.1 Å². The van der Waals surface area contributed by atoms with Gasteiger partial charge in [0.1, 0.15) is 5.82 Å². The van der Waals surface area contributed by atoms with Gasteiger partial charge in [-0.15, -0.1) is 0 Å². The van der Waals surface area contributed by atoms with Gasteiger partial charge in [-0.1, -0.05) is 29.8 Å². The van der Waals surface area contributed by atoms with Crippen molar-refractivity contribution in [2.45, 2.75) is 39.3 Å². The molecule has 1 atom stereocenters. The maximum atomic E-state index is 12.8. The first-order valence-corrected chi connectivity index (χ1v) is 10.1. The van der Waals surface area contributed by atoms with Crippen LogP contribution in [-0.2, 0) is 6.54 Å². The molecule has 0 aliphatic carbocycles. The van der Waals surface area contributed by atoms with Gasteiger partial charge in [0.2, 0.25) is 0 Å². The monoisotopic (exact) mass is 389 g/mol. The first-order chi connectivity index (χ1) is 14.1. The van der Waals surface area contributed by atoms with Gasteiger partial charge in [0, 0.05) is 49.5 Å². The van der Waals surface area contributed by atoms with Crippen LogP contribution in [0, 0.1) is 13.8 Å². The molecule has 150 valence electrons. The quantitative estimate of drug-likeness (QED) is 0.730. The van der Waals surface area contributed by atoms with Gasteiger partial charge in [0.15, 0.2) is 0 Å². The largest absolute Gasteiger partial charge is 0.334 e. The number of rotatable bonds is 4. The van der Waals surface area contributed by atoms with Gasteiger partial charge in [-0.3, -0.25) is 4.98 Å². The topological polar surface area (TPSA) is 63.1 Å². The van der Waals surface area contributed by atoms with Crippen molar-refractivity contribution < 1.29 is 4.79 Å². The van der Waals surface area contributed by atoms with E-state index in [1.165, 1.54) is 5.56 Å². The van der Waals surface area contributed by atoms with E-state index in [1.807, 2.05) is 23.2 Å². The highest BCUT2D eigenvalue weighted by Gasteiger charge is 2.27. The molecule has 29 heavy (non-hydrogen) atoms. The van der Waals surface area contributed by atoms with Crippen molar-refractivity contribution in [3.8, 4) is 11.4 Å². The average molecular weight is 390 g/mol. The van der Waals surface area contributed by atoms with E-state index < -0.39 is 0 Å². The number of aromatic nitrogens is 3. The predicted molar refractivity (Wildman–Crippen MR) is 113 cm³/mol. The second kappa shape index (κ2) is 8.47. The summed E-state index contributed by atoms with van der Waals surface area (Å²) in [7, 11) is 0. The summed E-state index contributed by atoms with van der Waals surface area (Å²) in [6, 6.07) is 12.4. The number of nitrogens with one attached hydrogen (secondary N) is 1. The Kier molecular flexibility index (Phi) is 5.60. The lowest BCUT2D eigenvalue weighted by molar-refractivity contribution is 0.166. The molecule has 2 amide bonds. The van der Waals surface area contributed by atoms with Gasteiger partial charge in [0.25, 0.3) is 0 Å². The molecule has 6 nitrogen and oxygen atoms in total. The number of amides is 2. The van der Waals surface area contributed by atoms with Gasteiger partial charge in [-0.05, 0) is 44.4 Å². The molecule has 0 radical (unpaired) electrons. The Hall–Kier alpha value is -3.15. The molecule has 1 saturated heterocycles. The van der Waals surface area contributed by atoms with E-state index in [0.717, 1.165) is 42.0 Å². The van der Waals surface area contributed by atoms with Crippen LogP contribution in [0.4, 0.5) is 4.79 Å². The number of piperidine rings is 1. The summed E-state index contributed by atoms with van der Waals surface area (Å²) in [5.41, 5.74) is 4.50. The zero-order chi connectivity index (χ0) is 20.2. The second-order valence-electron chi connectivity index (χ2n) is 7.72. The van der Waals surface area contributed by atoms with Crippen molar-refractivity contribution in [2.24, 2.45) is 0 Å². The Morgan fingerprint density at radius 1 is 1.14 bits per heavy atom. The zero-order valence-electron chi connectivity index (χ0n) is 17.0. The third-order valence-corrected chi connectivity index (χ3v) is 5.53. The van der Waals surface area contributed by atoms with Crippen molar-refractivity contribution in [3.63, 3.8) is 0 Å². The van der Waals surface area contributed by atoms with Crippen LogP contribution in [0.2, 0.25) is 0 Å². The maximum absolute atomic E-state index is 12.8. The molecule has 0 bridgehead atoms. The number of carbonyl (C=O) groups excluding carboxylic acids is 1. The smallest absolute Gasteiger partial charge is 0.317 e. The molecule has 1 aliphatic rings. The fourth-order valence-corrected chi connectivity index (χ4v) is 3.97. The minimum atomic E-state index is -0.00138. The van der Waals surface area contributed by atoms with E-state index in [-0.39, 0.29) is 12.1 Å². The third-order valence-electron chi connectivity index (χ3n) is 5.53. The van der Waals surface area contributed by atoms with Crippen LogP contribution in [-0.4, -0.2) is 38.6 Å². The molecule has 0 saturated carbocycles. The second-order valence-corrected chi connectivity index (χ2v) is 7.72. The number of pyridine rings is 1. The first kappa shape index (κ1) is 19.2. The van der Waals surface area contributed by atoms with Crippen LogP contribution in [0.25, 0.3) is 11.4 Å². The summed E-state index contributed by atoms with van der Waals surface area (Å²) in [6.45, 7) is 6.17. The maximum Gasteiger partial charge on any atom is 0.317 e. The van der Waals surface area contributed by atoms with E-state index in [4.69, 9.17) is 0 Å². The Balaban J connectivity index is 1.45. The number of benzene rings is 1. The number of carbonyl (C=O) groups is 1. The molecule has 2 aromatic heterocycles. The van der Waals surface area contributed by atoms with Crippen LogP contribution in [0.5, 0.6) is 0 Å². The molecule has 1 N–H and O–H groups in total. The normalized spacial score (nSPS) is 16.6. The highest BCUT2D eigenvalue weighted by molar-refractivity contribution is 5.74. The Labute approximate surface area is 171 Å². The van der Waals surface area contributed by atoms with E-state index in [9.17, 15) is 4.79 Å². The number of imidazole rings is 1. The molecule has 0 spiro atoms. The summed E-state index contributed by atoms with van der Waals surface area (Å²) < 4.78 is 2.27. The molecular formula is C23H27N5O. The van der Waals surface area contributed by atoms with Gasteiger partial charge >= 0.3 is 6.03 Å². The average Bonchev–Trinajstić information content (AvgIpc) is 3.15. The fourth-order valence-electron chi connectivity index (χ4n) is 3.97. The van der Waals surface area contributed by atoms with Crippen LogP contribution >= 0.6 is 0 Å². The molecule has 1 unspecified atom stereocenters. The molecule has 3 heterocycles. The summed E-state index contributed by atoms with van der Waals surface area (Å²) in [5, 5.41) is 3.07. The molecule has 4 rings (SSSR count). The summed E-state index contributed by atoms with van der Waals surface area (Å²) in [5.74, 6) is 0.941. The molecule has 3 aromatic rings. The van der Waals surface area contributed by atoms with Gasteiger partial charge in [-0.25, -0.2) is 9.78 Å². The summed E-state index contributed by atoms with van der Waals surface area (Å²) in [4.78, 5) is 23.4. The minimum Gasteiger partial charge on any atom is -0.334 e. The SMILES string of the molecule is Cc1ccc(CNC(=O)N2CCCC(n3c(C)cnc3-c3ccncc3)C2)cc1. The van der Waals surface area contributed by atoms with Gasteiger partial charge in [-0.2, -0.15) is 0 Å². The molecule has 1 fully saturated rings. The number of aryl methyl sites for hydroxylation is 2. The fraction of sp³-hybridized carbons (Fsp3) is 0.348. The Bertz CT molecular complexity index is 965. The van der Waals surface area contributed by atoms with Gasteiger partial charge in [0.05, 0.1) is 6.04 Å². The van der Waals surface area contributed by atoms with Crippen molar-refractivity contribution >= 4 is 6.03 Å². The number of hydrogen-bond donors (Lipinski definition) is 1. The number of urea groups is 1. The Morgan fingerprint density at radius 3 is 2.66 bits per heavy atom. The van der Waals surface area contributed by atoms with E-state index >= 15 is 0 Å². The van der Waals surface area contributed by atoms with Gasteiger partial charge < -0.3 is 14.8 Å². The Morgan fingerprint density at radius 2 is 1.90 bits per heavy atom. The number of nitrogens with zero attached hydrogens (tertiary/aromatic N) is 4. The standard InChI is InChI=1S/C23H27N5O/c1-17-5-7-19(8-6-17)15-26-23(29)27-13-3-4-21(16-27)28-18(2)14-25-22(28)20-9-11-24-12-10-20/h5-12,14,21H,3-4,13,15-16H2,1-2H3,(H,26,29). The third kappa shape index (κ3) is 4.31. The van der Waals surface area contributed by atoms with E-state index in [0.29, 0.717) is 13.1 Å². The lowest BCUT2D eigenvalue weighted by Gasteiger charge is -2.34.